The average molecular weight is 365 g/mol. The molecule has 9 nitrogen and oxygen atoms in total. The van der Waals surface area contributed by atoms with E-state index in [4.69, 9.17) is 17.1 Å². The van der Waals surface area contributed by atoms with Crippen molar-refractivity contribution in [3.8, 4) is 12.3 Å². The van der Waals surface area contributed by atoms with Gasteiger partial charge in [-0.1, -0.05) is 32.8 Å². The lowest BCUT2D eigenvalue weighted by atomic mass is 10.00. The normalized spacial score (nSPS) is 13.9. The number of terminal acetylenes is 1. The van der Waals surface area contributed by atoms with E-state index in [-0.39, 0.29) is 18.3 Å². The number of aliphatic carboxylic acids is 1. The molecule has 0 rings (SSSR count). The second-order valence-electron chi connectivity index (χ2n) is 6.85. The highest BCUT2D eigenvalue weighted by Gasteiger charge is 2.29. The molecule has 0 aliphatic rings. The minimum atomic E-state index is -1.25. The van der Waals surface area contributed by atoms with E-state index in [9.17, 15) is 14.4 Å². The Bertz CT molecular complexity index is 590. The first-order valence-electron chi connectivity index (χ1n) is 8.43. The van der Waals surface area contributed by atoms with Gasteiger partial charge in [0.25, 0.3) is 0 Å². The zero-order valence-electron chi connectivity index (χ0n) is 15.6. The number of carboxylic acids is 1. The second-order valence-corrected chi connectivity index (χ2v) is 6.85. The Labute approximate surface area is 153 Å². The van der Waals surface area contributed by atoms with Crippen LogP contribution in [-0.2, 0) is 14.4 Å². The number of amides is 2. The molecule has 0 aromatic carbocycles. The molecule has 0 heterocycles. The lowest BCUT2D eigenvalue weighted by molar-refractivity contribution is -0.142. The van der Waals surface area contributed by atoms with Crippen molar-refractivity contribution in [2.45, 2.75) is 65.1 Å². The molecule has 3 N–H and O–H groups in total. The number of carboxylic acid groups (broad SMARTS) is 1. The van der Waals surface area contributed by atoms with E-state index in [2.05, 4.69) is 26.6 Å². The minimum Gasteiger partial charge on any atom is -0.480 e. The summed E-state index contributed by atoms with van der Waals surface area (Å²) < 4.78 is 0. The number of hydrogen-bond acceptors (Lipinski definition) is 4. The molecule has 0 saturated heterocycles. The molecule has 3 atom stereocenters. The van der Waals surface area contributed by atoms with Crippen LogP contribution >= 0.6 is 0 Å². The van der Waals surface area contributed by atoms with Crippen molar-refractivity contribution in [3.63, 3.8) is 0 Å². The van der Waals surface area contributed by atoms with Gasteiger partial charge in [-0.3, -0.25) is 9.59 Å². The highest BCUT2D eigenvalue weighted by Crippen LogP contribution is 2.11. The number of rotatable bonds is 11. The summed E-state index contributed by atoms with van der Waals surface area (Å²) in [4.78, 5) is 38.7. The first-order chi connectivity index (χ1) is 12.1. The van der Waals surface area contributed by atoms with Crippen LogP contribution in [0.15, 0.2) is 5.11 Å². The van der Waals surface area contributed by atoms with E-state index in [0.717, 1.165) is 0 Å². The van der Waals surface area contributed by atoms with E-state index in [1.807, 2.05) is 27.7 Å². The van der Waals surface area contributed by atoms with Crippen LogP contribution in [0, 0.1) is 24.2 Å². The van der Waals surface area contributed by atoms with Crippen molar-refractivity contribution >= 4 is 17.8 Å². The quantitative estimate of drug-likeness (QED) is 0.222. The zero-order chi connectivity index (χ0) is 20.3. The van der Waals surface area contributed by atoms with Crippen molar-refractivity contribution in [1.82, 2.24) is 10.6 Å². The largest absolute Gasteiger partial charge is 0.480 e. The van der Waals surface area contributed by atoms with Gasteiger partial charge in [-0.05, 0) is 30.2 Å². The smallest absolute Gasteiger partial charge is 0.327 e. The maximum absolute atomic E-state index is 12.4. The molecule has 0 aliphatic heterocycles. The van der Waals surface area contributed by atoms with Crippen LogP contribution in [0.2, 0.25) is 0 Å². The van der Waals surface area contributed by atoms with Crippen LogP contribution in [0.3, 0.4) is 0 Å². The fourth-order valence-corrected chi connectivity index (χ4v) is 2.28. The van der Waals surface area contributed by atoms with Crippen LogP contribution in [0.4, 0.5) is 0 Å². The van der Waals surface area contributed by atoms with E-state index < -0.39 is 35.9 Å². The highest BCUT2D eigenvalue weighted by atomic mass is 16.4. The van der Waals surface area contributed by atoms with Gasteiger partial charge in [0.1, 0.15) is 18.1 Å². The fraction of sp³-hybridized carbons (Fsp3) is 0.706. The van der Waals surface area contributed by atoms with Crippen molar-refractivity contribution in [1.29, 1.82) is 0 Å². The van der Waals surface area contributed by atoms with Gasteiger partial charge in [0.2, 0.25) is 11.8 Å². The first kappa shape index (κ1) is 23.3. The predicted octanol–water partition coefficient (Wildman–Crippen LogP) is 1.83. The van der Waals surface area contributed by atoms with E-state index >= 15 is 0 Å². The van der Waals surface area contributed by atoms with E-state index in [1.54, 1.807) is 0 Å². The average Bonchev–Trinajstić information content (AvgIpc) is 2.52. The molecule has 0 aliphatic carbocycles. The molecule has 0 saturated carbocycles. The molecule has 9 heteroatoms. The van der Waals surface area contributed by atoms with Crippen LogP contribution in [0.25, 0.3) is 10.4 Å². The van der Waals surface area contributed by atoms with Gasteiger partial charge in [-0.25, -0.2) is 4.79 Å². The van der Waals surface area contributed by atoms with Gasteiger partial charge in [-0.15, -0.1) is 12.3 Å². The van der Waals surface area contributed by atoms with Crippen LogP contribution in [0.5, 0.6) is 0 Å². The number of nitrogens with one attached hydrogen (secondary N) is 2. The summed E-state index contributed by atoms with van der Waals surface area (Å²) in [5.74, 6) is -0.0951. The van der Waals surface area contributed by atoms with Gasteiger partial charge in [-0.2, -0.15) is 0 Å². The molecule has 26 heavy (non-hydrogen) atoms. The topological polar surface area (TPSA) is 144 Å². The molecule has 0 aromatic heterocycles. The molecular weight excluding hydrogens is 338 g/mol. The molecule has 0 bridgehead atoms. The SMILES string of the molecule is C#CC[C@H](NC(=O)[C@H](CC(C)C)NC(=O)[C@H](CC(C)C)N=[N+]=[N-])C(=O)O. The summed E-state index contributed by atoms with van der Waals surface area (Å²) in [5, 5.41) is 17.5. The third-order valence-corrected chi connectivity index (χ3v) is 3.46. The Morgan fingerprint density at radius 1 is 1.08 bits per heavy atom. The number of nitrogens with zero attached hydrogens (tertiary/aromatic N) is 3. The lowest BCUT2D eigenvalue weighted by Gasteiger charge is -2.24. The molecule has 144 valence electrons. The van der Waals surface area contributed by atoms with Crippen LogP contribution < -0.4 is 10.6 Å². The third kappa shape index (κ3) is 8.94. The van der Waals surface area contributed by atoms with Crippen LogP contribution in [0.1, 0.15) is 47.0 Å². The Morgan fingerprint density at radius 2 is 1.62 bits per heavy atom. The van der Waals surface area contributed by atoms with E-state index in [0.29, 0.717) is 12.8 Å². The standard InChI is InChI=1S/C17H27N5O4/c1-6-7-12(17(25)26)19-15(23)13(8-10(2)3)20-16(24)14(21-22-18)9-11(4)5/h1,10-14H,7-9H2,2-5H3,(H,19,23)(H,20,24)(H,25,26)/t12-,13-,14-/m0/s1. The maximum atomic E-state index is 12.4. The Hall–Kier alpha value is -2.72. The molecular formula is C17H27N5O4. The summed E-state index contributed by atoms with van der Waals surface area (Å²) in [6, 6.07) is -3.13. The summed E-state index contributed by atoms with van der Waals surface area (Å²) in [5.41, 5.74) is 8.64. The van der Waals surface area contributed by atoms with E-state index in [1.165, 1.54) is 0 Å². The lowest BCUT2D eigenvalue weighted by Crippen LogP contribution is -2.53. The molecule has 2 amide bonds. The number of carbonyl (C=O) groups excluding carboxylic acids is 2. The summed E-state index contributed by atoms with van der Waals surface area (Å²) in [6.07, 6.45) is 5.58. The predicted molar refractivity (Wildman–Crippen MR) is 96.8 cm³/mol. The second kappa shape index (κ2) is 11.8. The molecule has 0 aromatic rings. The van der Waals surface area contributed by atoms with Gasteiger partial charge in [0, 0.05) is 11.3 Å². The van der Waals surface area contributed by atoms with Crippen molar-refractivity contribution in [3.05, 3.63) is 10.4 Å². The number of azide groups is 1. The first-order valence-corrected chi connectivity index (χ1v) is 8.43. The zero-order valence-corrected chi connectivity index (χ0v) is 15.6. The van der Waals surface area contributed by atoms with Gasteiger partial charge >= 0.3 is 5.97 Å². The van der Waals surface area contributed by atoms with Crippen molar-refractivity contribution in [2.75, 3.05) is 0 Å². The maximum Gasteiger partial charge on any atom is 0.327 e. The van der Waals surface area contributed by atoms with Crippen molar-refractivity contribution in [2.24, 2.45) is 17.0 Å². The summed E-state index contributed by atoms with van der Waals surface area (Å²) in [6.45, 7) is 7.48. The van der Waals surface area contributed by atoms with Crippen molar-refractivity contribution < 1.29 is 19.5 Å². The Morgan fingerprint density at radius 3 is 2.04 bits per heavy atom. The van der Waals surface area contributed by atoms with Gasteiger partial charge in [0.05, 0.1) is 0 Å². The third-order valence-electron chi connectivity index (χ3n) is 3.46. The minimum absolute atomic E-state index is 0.0602. The summed E-state index contributed by atoms with van der Waals surface area (Å²) >= 11 is 0. The molecule has 0 fully saturated rings. The summed E-state index contributed by atoms with van der Waals surface area (Å²) in [7, 11) is 0. The van der Waals surface area contributed by atoms with Gasteiger partial charge in [0.15, 0.2) is 0 Å². The Balaban J connectivity index is 5.26. The molecule has 0 radical (unpaired) electrons. The molecule has 0 unspecified atom stereocenters. The number of carbonyl (C=O) groups is 3. The monoisotopic (exact) mass is 365 g/mol. The van der Waals surface area contributed by atoms with Gasteiger partial charge < -0.3 is 15.7 Å². The van der Waals surface area contributed by atoms with Crippen LogP contribution in [-0.4, -0.2) is 41.0 Å². The fourth-order valence-electron chi connectivity index (χ4n) is 2.28. The number of hydrogen-bond donors (Lipinski definition) is 3. The molecule has 0 spiro atoms. The highest BCUT2D eigenvalue weighted by molar-refractivity contribution is 5.91. The Kier molecular flexibility index (Phi) is 10.5.